The Morgan fingerprint density at radius 1 is 1.19 bits per heavy atom. The molecule has 5 heteroatoms. The minimum atomic E-state index is 0.466. The van der Waals surface area contributed by atoms with Crippen molar-refractivity contribution in [2.45, 2.75) is 43.0 Å². The molecule has 2 rings (SSSR count). The summed E-state index contributed by atoms with van der Waals surface area (Å²) in [4.78, 5) is 9.43. The van der Waals surface area contributed by atoms with Crippen molar-refractivity contribution in [3.8, 4) is 5.88 Å². The molecule has 21 heavy (non-hydrogen) atoms. The van der Waals surface area contributed by atoms with Crippen LogP contribution in [0.2, 0.25) is 0 Å². The van der Waals surface area contributed by atoms with Crippen molar-refractivity contribution in [2.75, 3.05) is 12.3 Å². The van der Waals surface area contributed by atoms with E-state index in [0.717, 1.165) is 16.3 Å². The molecule has 112 valence electrons. The second kappa shape index (κ2) is 7.31. The highest BCUT2D eigenvalue weighted by Gasteiger charge is 2.11. The third-order valence-electron chi connectivity index (χ3n) is 3.01. The molecule has 0 bridgehead atoms. The van der Waals surface area contributed by atoms with Gasteiger partial charge in [0.15, 0.2) is 0 Å². The molecule has 1 heterocycles. The van der Waals surface area contributed by atoms with Gasteiger partial charge in [-0.25, -0.2) is 4.98 Å². The number of nitrogens with two attached hydrogens (primary N) is 1. The topological polar surface area (TPSA) is 61.0 Å². The molecule has 2 aromatic rings. The van der Waals surface area contributed by atoms with Gasteiger partial charge in [0.2, 0.25) is 5.88 Å². The fourth-order valence-electron chi connectivity index (χ4n) is 1.79. The second-order valence-corrected chi connectivity index (χ2v) is 6.13. The van der Waals surface area contributed by atoms with Crippen LogP contribution >= 0.6 is 11.8 Å². The lowest BCUT2D eigenvalue weighted by Gasteiger charge is -2.10. The van der Waals surface area contributed by atoms with Crippen molar-refractivity contribution in [3.63, 3.8) is 0 Å². The van der Waals surface area contributed by atoms with Gasteiger partial charge in [0.1, 0.15) is 17.0 Å². The maximum Gasteiger partial charge on any atom is 0.241 e. The minimum absolute atomic E-state index is 0.466. The number of ether oxygens (including phenoxy) is 1. The number of nitrogen functional groups attached to an aromatic ring is 1. The van der Waals surface area contributed by atoms with Crippen molar-refractivity contribution in [2.24, 2.45) is 0 Å². The SMILES string of the molecule is CCCOc1ncnc(Sc2ccc(C(C)C)cc2)c1N. The van der Waals surface area contributed by atoms with Gasteiger partial charge in [0.05, 0.1) is 6.61 Å². The Labute approximate surface area is 130 Å². The van der Waals surface area contributed by atoms with Gasteiger partial charge in [-0.15, -0.1) is 0 Å². The molecule has 0 aliphatic heterocycles. The standard InChI is InChI=1S/C16H21N3OS/c1-4-9-20-15-14(17)16(19-10-18-15)21-13-7-5-12(6-8-13)11(2)3/h5-8,10-11H,4,9,17H2,1-3H3. The molecule has 2 N–H and O–H groups in total. The van der Waals surface area contributed by atoms with Crippen LogP contribution in [0.1, 0.15) is 38.7 Å². The third kappa shape index (κ3) is 4.11. The van der Waals surface area contributed by atoms with Crippen LogP contribution < -0.4 is 10.5 Å². The van der Waals surface area contributed by atoms with Crippen molar-refractivity contribution in [1.29, 1.82) is 0 Å². The first-order chi connectivity index (χ1) is 10.1. The van der Waals surface area contributed by atoms with E-state index in [0.29, 0.717) is 24.1 Å². The van der Waals surface area contributed by atoms with Crippen LogP contribution in [0, 0.1) is 0 Å². The maximum absolute atomic E-state index is 6.08. The first-order valence-corrected chi connectivity index (χ1v) is 7.94. The van der Waals surface area contributed by atoms with Gasteiger partial charge in [-0.05, 0) is 30.0 Å². The summed E-state index contributed by atoms with van der Waals surface area (Å²) in [6.07, 6.45) is 2.41. The molecule has 4 nitrogen and oxygen atoms in total. The molecule has 0 spiro atoms. The van der Waals surface area contributed by atoms with Crippen LogP contribution in [-0.2, 0) is 0 Å². The Morgan fingerprint density at radius 3 is 2.52 bits per heavy atom. The van der Waals surface area contributed by atoms with Crippen molar-refractivity contribution in [1.82, 2.24) is 9.97 Å². The molecule has 0 aliphatic rings. The fraction of sp³-hybridized carbons (Fsp3) is 0.375. The van der Waals surface area contributed by atoms with Crippen LogP contribution in [0.5, 0.6) is 5.88 Å². The van der Waals surface area contributed by atoms with Crippen LogP contribution in [0.25, 0.3) is 0 Å². The molecule has 0 fully saturated rings. The lowest BCUT2D eigenvalue weighted by atomic mass is 10.0. The summed E-state index contributed by atoms with van der Waals surface area (Å²) in [6, 6.07) is 8.46. The lowest BCUT2D eigenvalue weighted by molar-refractivity contribution is 0.305. The molecule has 0 amide bonds. The zero-order valence-corrected chi connectivity index (χ0v) is 13.5. The van der Waals surface area contributed by atoms with E-state index in [1.54, 1.807) is 0 Å². The first kappa shape index (κ1) is 15.6. The van der Waals surface area contributed by atoms with Gasteiger partial charge < -0.3 is 10.5 Å². The van der Waals surface area contributed by atoms with E-state index in [9.17, 15) is 0 Å². The molecule has 0 saturated carbocycles. The zero-order chi connectivity index (χ0) is 15.2. The predicted molar refractivity (Wildman–Crippen MR) is 86.9 cm³/mol. The molecule has 0 aliphatic carbocycles. The average molecular weight is 303 g/mol. The van der Waals surface area contributed by atoms with Gasteiger partial charge in [-0.1, -0.05) is 44.7 Å². The Morgan fingerprint density at radius 2 is 1.90 bits per heavy atom. The van der Waals surface area contributed by atoms with Crippen LogP contribution in [0.15, 0.2) is 40.5 Å². The van der Waals surface area contributed by atoms with Gasteiger partial charge in [0, 0.05) is 4.90 Å². The maximum atomic E-state index is 6.08. The molecule has 0 radical (unpaired) electrons. The smallest absolute Gasteiger partial charge is 0.241 e. The molecule has 1 aromatic carbocycles. The monoisotopic (exact) mass is 303 g/mol. The quantitative estimate of drug-likeness (QED) is 0.813. The van der Waals surface area contributed by atoms with Crippen LogP contribution in [0.4, 0.5) is 5.69 Å². The minimum Gasteiger partial charge on any atom is -0.476 e. The summed E-state index contributed by atoms with van der Waals surface area (Å²) >= 11 is 1.53. The van der Waals surface area contributed by atoms with E-state index >= 15 is 0 Å². The molecular weight excluding hydrogens is 282 g/mol. The highest BCUT2D eigenvalue weighted by atomic mass is 32.2. The van der Waals surface area contributed by atoms with Crippen molar-refractivity contribution >= 4 is 17.4 Å². The van der Waals surface area contributed by atoms with Crippen LogP contribution in [0.3, 0.4) is 0 Å². The molecule has 1 aromatic heterocycles. The van der Waals surface area contributed by atoms with E-state index in [1.807, 2.05) is 6.92 Å². The Balaban J connectivity index is 2.15. The second-order valence-electron chi connectivity index (χ2n) is 5.07. The molecule has 0 atom stereocenters. The van der Waals surface area contributed by atoms with Crippen molar-refractivity contribution in [3.05, 3.63) is 36.2 Å². The Hall–Kier alpha value is -1.75. The molecule has 0 saturated heterocycles. The van der Waals surface area contributed by atoms with E-state index in [1.165, 1.54) is 23.7 Å². The number of hydrogen-bond acceptors (Lipinski definition) is 5. The van der Waals surface area contributed by atoms with Crippen molar-refractivity contribution < 1.29 is 4.74 Å². The average Bonchev–Trinajstić information content (AvgIpc) is 2.49. The van der Waals surface area contributed by atoms with E-state index in [4.69, 9.17) is 10.5 Å². The number of anilines is 1. The summed E-state index contributed by atoms with van der Waals surface area (Å²) in [5.41, 5.74) is 7.90. The normalized spacial score (nSPS) is 10.9. The zero-order valence-electron chi connectivity index (χ0n) is 12.7. The summed E-state index contributed by atoms with van der Waals surface area (Å²) in [5.74, 6) is 0.996. The van der Waals surface area contributed by atoms with Crippen LogP contribution in [-0.4, -0.2) is 16.6 Å². The number of benzene rings is 1. The predicted octanol–water partition coefficient (Wildman–Crippen LogP) is 4.12. The first-order valence-electron chi connectivity index (χ1n) is 7.13. The summed E-state index contributed by atoms with van der Waals surface area (Å²) < 4.78 is 5.53. The van der Waals surface area contributed by atoms with Gasteiger partial charge in [-0.3, -0.25) is 0 Å². The van der Waals surface area contributed by atoms with E-state index in [-0.39, 0.29) is 0 Å². The third-order valence-corrected chi connectivity index (χ3v) is 4.04. The molecular formula is C16H21N3OS. The lowest BCUT2D eigenvalue weighted by Crippen LogP contribution is -2.03. The number of nitrogens with zero attached hydrogens (tertiary/aromatic N) is 2. The Kier molecular flexibility index (Phi) is 5.44. The highest BCUT2D eigenvalue weighted by Crippen LogP contribution is 2.34. The van der Waals surface area contributed by atoms with Gasteiger partial charge in [-0.2, -0.15) is 4.98 Å². The summed E-state index contributed by atoms with van der Waals surface area (Å²) in [5, 5.41) is 0.730. The number of rotatable bonds is 6. The van der Waals surface area contributed by atoms with E-state index < -0.39 is 0 Å². The fourth-order valence-corrected chi connectivity index (χ4v) is 2.58. The van der Waals surface area contributed by atoms with E-state index in [2.05, 4.69) is 48.1 Å². The Bertz CT molecular complexity index is 585. The van der Waals surface area contributed by atoms with Gasteiger partial charge >= 0.3 is 0 Å². The number of aromatic nitrogens is 2. The largest absolute Gasteiger partial charge is 0.476 e. The molecule has 0 unspecified atom stereocenters. The summed E-state index contributed by atoms with van der Waals surface area (Å²) in [6.45, 7) is 7.02. The number of hydrogen-bond donors (Lipinski definition) is 1. The van der Waals surface area contributed by atoms with Gasteiger partial charge in [0.25, 0.3) is 0 Å². The highest BCUT2D eigenvalue weighted by molar-refractivity contribution is 7.99. The summed E-state index contributed by atoms with van der Waals surface area (Å²) in [7, 11) is 0.